The lowest BCUT2D eigenvalue weighted by atomic mass is 10.1. The molecule has 374 valence electrons. The summed E-state index contributed by atoms with van der Waals surface area (Å²) in [4.78, 5) is 38.1. The Labute approximate surface area is 406 Å². The first-order valence-corrected chi connectivity index (χ1v) is 26.9. The van der Waals surface area contributed by atoms with Crippen LogP contribution in [0.2, 0.25) is 0 Å². The summed E-state index contributed by atoms with van der Waals surface area (Å²) in [6.45, 7) is 6.40. The average molecular weight is 915 g/mol. The summed E-state index contributed by atoms with van der Waals surface area (Å²) >= 11 is 0. The Morgan fingerprint density at radius 1 is 0.318 bits per heavy atom. The first-order chi connectivity index (χ1) is 32.5. The number of esters is 3. The molecule has 1 atom stereocenters. The molecule has 6 heteroatoms. The fourth-order valence-electron chi connectivity index (χ4n) is 6.93. The molecule has 0 unspecified atom stereocenters. The van der Waals surface area contributed by atoms with Crippen molar-refractivity contribution in [3.05, 3.63) is 109 Å². The van der Waals surface area contributed by atoms with Crippen LogP contribution in [-0.4, -0.2) is 37.2 Å². The van der Waals surface area contributed by atoms with Gasteiger partial charge in [0.2, 0.25) is 0 Å². The Morgan fingerprint density at radius 3 is 0.985 bits per heavy atom. The molecule has 0 fully saturated rings. The highest BCUT2D eigenvalue weighted by Crippen LogP contribution is 2.13. The van der Waals surface area contributed by atoms with Crippen molar-refractivity contribution in [2.24, 2.45) is 0 Å². The Morgan fingerprint density at radius 2 is 0.606 bits per heavy atom. The van der Waals surface area contributed by atoms with Gasteiger partial charge in [-0.1, -0.05) is 201 Å². The second-order valence-corrected chi connectivity index (χ2v) is 17.4. The van der Waals surface area contributed by atoms with Gasteiger partial charge in [0.05, 0.1) is 0 Å². The standard InChI is InChI=1S/C60H98O6/c1-4-7-10-13-16-19-22-25-28-29-30-31-33-35-38-41-44-47-50-53-59(62)65-56-57(55-64-58(61)52-49-46-43-40-37-34-27-24-21-18-15-12-9-6-3)66-60(63)54-51-48-45-42-39-36-32-26-23-20-17-14-11-8-5-2/h7,10,15-20,24-28,30-32,35,38,57H,4-6,8-9,11-14,21-23,29,33-34,36-37,39-56H2,1-3H3/b10-7+,18-15+,19-16+,20-17+,27-24+,28-25+,31-30+,32-26+,38-35+/t57-/m1/s1. The molecule has 0 aliphatic carbocycles. The van der Waals surface area contributed by atoms with Gasteiger partial charge in [0.25, 0.3) is 0 Å². The lowest BCUT2D eigenvalue weighted by Gasteiger charge is -2.18. The smallest absolute Gasteiger partial charge is 0.306 e. The summed E-state index contributed by atoms with van der Waals surface area (Å²) in [7, 11) is 0. The van der Waals surface area contributed by atoms with Gasteiger partial charge in [-0.2, -0.15) is 0 Å². The van der Waals surface area contributed by atoms with Gasteiger partial charge in [0.15, 0.2) is 6.10 Å². The number of unbranched alkanes of at least 4 members (excludes halogenated alkanes) is 18. The first-order valence-electron chi connectivity index (χ1n) is 26.9. The highest BCUT2D eigenvalue weighted by atomic mass is 16.6. The van der Waals surface area contributed by atoms with E-state index in [-0.39, 0.29) is 31.1 Å². The number of hydrogen-bond donors (Lipinski definition) is 0. The quantitative estimate of drug-likeness (QED) is 0.0262. The van der Waals surface area contributed by atoms with Gasteiger partial charge >= 0.3 is 17.9 Å². The summed E-state index contributed by atoms with van der Waals surface area (Å²) < 4.78 is 16.8. The minimum absolute atomic E-state index is 0.104. The molecule has 0 bridgehead atoms. The summed E-state index contributed by atoms with van der Waals surface area (Å²) in [5.41, 5.74) is 0. The van der Waals surface area contributed by atoms with Crippen LogP contribution in [0, 0.1) is 0 Å². The van der Waals surface area contributed by atoms with Crippen molar-refractivity contribution < 1.29 is 28.6 Å². The Balaban J connectivity index is 4.50. The average Bonchev–Trinajstić information content (AvgIpc) is 3.31. The molecule has 0 aliphatic rings. The lowest BCUT2D eigenvalue weighted by molar-refractivity contribution is -0.167. The van der Waals surface area contributed by atoms with E-state index in [1.807, 2.05) is 0 Å². The Kier molecular flexibility index (Phi) is 50.5. The summed E-state index contributed by atoms with van der Waals surface area (Å²) in [5, 5.41) is 0. The van der Waals surface area contributed by atoms with Crippen LogP contribution in [0.5, 0.6) is 0 Å². The first kappa shape index (κ1) is 62.1. The van der Waals surface area contributed by atoms with Crippen LogP contribution in [0.15, 0.2) is 109 Å². The van der Waals surface area contributed by atoms with Crippen LogP contribution < -0.4 is 0 Å². The zero-order valence-corrected chi connectivity index (χ0v) is 42.7. The zero-order chi connectivity index (χ0) is 47.9. The Bertz CT molecular complexity index is 1370. The van der Waals surface area contributed by atoms with Gasteiger partial charge < -0.3 is 14.2 Å². The van der Waals surface area contributed by atoms with Crippen LogP contribution >= 0.6 is 0 Å². The number of allylic oxidation sites excluding steroid dienone is 18. The molecular formula is C60H98O6. The van der Waals surface area contributed by atoms with Crippen LogP contribution in [0.3, 0.4) is 0 Å². The molecule has 0 N–H and O–H groups in total. The molecule has 0 aromatic carbocycles. The van der Waals surface area contributed by atoms with Crippen molar-refractivity contribution in [1.82, 2.24) is 0 Å². The van der Waals surface area contributed by atoms with E-state index in [0.717, 1.165) is 148 Å². The zero-order valence-electron chi connectivity index (χ0n) is 42.7. The molecular weight excluding hydrogens is 817 g/mol. The molecule has 0 spiro atoms. The van der Waals surface area contributed by atoms with Crippen molar-refractivity contribution in [3.8, 4) is 0 Å². The predicted octanol–water partition coefficient (Wildman–Crippen LogP) is 17.9. The lowest BCUT2D eigenvalue weighted by Crippen LogP contribution is -2.30. The van der Waals surface area contributed by atoms with Crippen molar-refractivity contribution in [3.63, 3.8) is 0 Å². The number of ether oxygens (including phenoxy) is 3. The number of carbonyl (C=O) groups excluding carboxylic acids is 3. The molecule has 66 heavy (non-hydrogen) atoms. The molecule has 0 saturated heterocycles. The molecule has 6 nitrogen and oxygen atoms in total. The summed E-state index contributed by atoms with van der Waals surface area (Å²) in [5.74, 6) is -0.967. The monoisotopic (exact) mass is 915 g/mol. The van der Waals surface area contributed by atoms with Crippen molar-refractivity contribution in [2.75, 3.05) is 13.2 Å². The van der Waals surface area contributed by atoms with Crippen LogP contribution in [0.4, 0.5) is 0 Å². The van der Waals surface area contributed by atoms with Crippen LogP contribution in [0.25, 0.3) is 0 Å². The highest BCUT2D eigenvalue weighted by molar-refractivity contribution is 5.71. The van der Waals surface area contributed by atoms with E-state index in [0.29, 0.717) is 19.3 Å². The van der Waals surface area contributed by atoms with Gasteiger partial charge in [0.1, 0.15) is 13.2 Å². The molecule has 0 aromatic rings. The summed E-state index contributed by atoms with van der Waals surface area (Å²) in [6.07, 6.45) is 72.1. The number of carbonyl (C=O) groups is 3. The normalized spacial score (nSPS) is 13.0. The predicted molar refractivity (Wildman–Crippen MR) is 283 cm³/mol. The van der Waals surface area contributed by atoms with E-state index in [4.69, 9.17) is 14.2 Å². The fourth-order valence-corrected chi connectivity index (χ4v) is 6.93. The Hall–Kier alpha value is -3.93. The minimum atomic E-state index is -0.807. The third-order valence-electron chi connectivity index (χ3n) is 11.0. The number of hydrogen-bond acceptors (Lipinski definition) is 6. The number of rotatable bonds is 47. The van der Waals surface area contributed by atoms with E-state index in [1.165, 1.54) is 44.9 Å². The van der Waals surface area contributed by atoms with Crippen molar-refractivity contribution >= 4 is 17.9 Å². The SMILES string of the molecule is CC/C=C/C/C=C/C/C=C/C/C=C/C/C=C/CCCCCC(=O)OC[C@@H](COC(=O)CCCCCCC/C=C/C/C=C/CCCC)OC(=O)CCCCCCC/C=C/C/C=C/CCCCC. The molecule has 0 radical (unpaired) electrons. The van der Waals surface area contributed by atoms with Crippen LogP contribution in [-0.2, 0) is 28.6 Å². The van der Waals surface area contributed by atoms with Gasteiger partial charge in [-0.15, -0.1) is 0 Å². The van der Waals surface area contributed by atoms with E-state index in [9.17, 15) is 14.4 Å². The largest absolute Gasteiger partial charge is 0.462 e. The third-order valence-corrected chi connectivity index (χ3v) is 11.0. The second-order valence-electron chi connectivity index (χ2n) is 17.4. The molecule has 0 aliphatic heterocycles. The third kappa shape index (κ3) is 51.1. The minimum Gasteiger partial charge on any atom is -0.462 e. The summed E-state index contributed by atoms with van der Waals surface area (Å²) in [6, 6.07) is 0. The molecule has 0 rings (SSSR count). The van der Waals surface area contributed by atoms with Gasteiger partial charge in [-0.3, -0.25) is 14.4 Å². The fraction of sp³-hybridized carbons (Fsp3) is 0.650. The van der Waals surface area contributed by atoms with E-state index in [1.54, 1.807) is 0 Å². The molecule has 0 amide bonds. The maximum Gasteiger partial charge on any atom is 0.306 e. The maximum absolute atomic E-state index is 12.8. The van der Waals surface area contributed by atoms with Gasteiger partial charge in [-0.05, 0) is 122 Å². The molecule has 0 saturated carbocycles. The second kappa shape index (κ2) is 53.7. The highest BCUT2D eigenvalue weighted by Gasteiger charge is 2.19. The van der Waals surface area contributed by atoms with E-state index >= 15 is 0 Å². The van der Waals surface area contributed by atoms with Gasteiger partial charge in [0, 0.05) is 19.3 Å². The molecule has 0 heterocycles. The van der Waals surface area contributed by atoms with Crippen molar-refractivity contribution in [1.29, 1.82) is 0 Å². The molecule has 0 aromatic heterocycles. The van der Waals surface area contributed by atoms with E-state index < -0.39 is 6.10 Å². The van der Waals surface area contributed by atoms with E-state index in [2.05, 4.69) is 130 Å². The van der Waals surface area contributed by atoms with Gasteiger partial charge in [-0.25, -0.2) is 0 Å². The topological polar surface area (TPSA) is 78.9 Å². The van der Waals surface area contributed by atoms with Crippen LogP contribution in [0.1, 0.15) is 233 Å². The maximum atomic E-state index is 12.8. The van der Waals surface area contributed by atoms with Crippen molar-refractivity contribution in [2.45, 2.75) is 239 Å².